The van der Waals surface area contributed by atoms with Crippen molar-refractivity contribution in [1.82, 2.24) is 4.72 Å². The van der Waals surface area contributed by atoms with Crippen molar-refractivity contribution in [2.75, 3.05) is 6.26 Å². The van der Waals surface area contributed by atoms with Crippen LogP contribution in [0.5, 0.6) is 0 Å². The van der Waals surface area contributed by atoms with Gasteiger partial charge in [0.1, 0.15) is 0 Å². The summed E-state index contributed by atoms with van der Waals surface area (Å²) in [5.41, 5.74) is 0. The molecule has 0 aromatic rings. The van der Waals surface area contributed by atoms with Crippen LogP contribution in [0.15, 0.2) is 0 Å². The number of rotatable bonds is 6. The smallest absolute Gasteiger partial charge is 0.208 e. The van der Waals surface area contributed by atoms with E-state index in [1.54, 1.807) is 0 Å². The molecule has 0 saturated carbocycles. The van der Waals surface area contributed by atoms with Crippen LogP contribution < -0.4 is 4.72 Å². The molecule has 1 atom stereocenters. The second kappa shape index (κ2) is 5.60. The van der Waals surface area contributed by atoms with Crippen molar-refractivity contribution < 1.29 is 8.42 Å². The summed E-state index contributed by atoms with van der Waals surface area (Å²) in [7, 11) is -3.02. The highest BCUT2D eigenvalue weighted by Gasteiger charge is 2.07. The molecule has 0 radical (unpaired) electrons. The van der Waals surface area contributed by atoms with E-state index in [0.29, 0.717) is 5.92 Å². The van der Waals surface area contributed by atoms with Crippen LogP contribution in [-0.2, 0) is 10.0 Å². The van der Waals surface area contributed by atoms with Gasteiger partial charge in [0.2, 0.25) is 10.0 Å². The van der Waals surface area contributed by atoms with E-state index in [4.69, 9.17) is 0 Å². The summed E-state index contributed by atoms with van der Waals surface area (Å²) < 4.78 is 24.2. The quantitative estimate of drug-likeness (QED) is 0.721. The van der Waals surface area contributed by atoms with Crippen molar-refractivity contribution in [3.8, 4) is 0 Å². The molecule has 0 fully saturated rings. The van der Waals surface area contributed by atoms with Crippen LogP contribution in [0.1, 0.15) is 40.0 Å². The number of nitrogens with one attached hydrogen (secondary N) is 1. The fourth-order valence-corrected chi connectivity index (χ4v) is 2.11. The zero-order valence-corrected chi connectivity index (χ0v) is 9.82. The Labute approximate surface area is 82.0 Å². The molecule has 4 heteroatoms. The number of hydrogen-bond donors (Lipinski definition) is 1. The Bertz CT molecular complexity index is 222. The van der Waals surface area contributed by atoms with E-state index in [2.05, 4.69) is 18.6 Å². The number of sulfonamides is 1. The molecule has 0 aromatic carbocycles. The molecule has 0 unspecified atom stereocenters. The SMILES string of the molecule is CC(C)CCC[C@H](C)NS(C)(=O)=O. The third kappa shape index (κ3) is 9.83. The monoisotopic (exact) mass is 207 g/mol. The van der Waals surface area contributed by atoms with Gasteiger partial charge in [-0.1, -0.05) is 26.7 Å². The molecule has 0 rings (SSSR count). The highest BCUT2D eigenvalue weighted by Crippen LogP contribution is 2.08. The van der Waals surface area contributed by atoms with Gasteiger partial charge in [0.25, 0.3) is 0 Å². The minimum absolute atomic E-state index is 0.0637. The summed E-state index contributed by atoms with van der Waals surface area (Å²) in [6.45, 7) is 6.25. The molecular weight excluding hydrogens is 186 g/mol. The molecule has 0 aliphatic rings. The van der Waals surface area contributed by atoms with Crippen molar-refractivity contribution >= 4 is 10.0 Å². The predicted molar refractivity (Wildman–Crippen MR) is 56.1 cm³/mol. The van der Waals surface area contributed by atoms with Gasteiger partial charge >= 0.3 is 0 Å². The molecule has 0 amide bonds. The first-order chi connectivity index (χ1) is 5.81. The lowest BCUT2D eigenvalue weighted by Gasteiger charge is -2.12. The standard InChI is InChI=1S/C9H21NO2S/c1-8(2)6-5-7-9(3)10-13(4,11)12/h8-10H,5-7H2,1-4H3/t9-/m0/s1. The van der Waals surface area contributed by atoms with Crippen LogP contribution in [0.4, 0.5) is 0 Å². The summed E-state index contributed by atoms with van der Waals surface area (Å²) >= 11 is 0. The van der Waals surface area contributed by atoms with Gasteiger partial charge in [0.15, 0.2) is 0 Å². The third-order valence-corrected chi connectivity index (χ3v) is 2.66. The highest BCUT2D eigenvalue weighted by atomic mass is 32.2. The minimum atomic E-state index is -3.02. The molecule has 80 valence electrons. The zero-order chi connectivity index (χ0) is 10.5. The average molecular weight is 207 g/mol. The van der Waals surface area contributed by atoms with Crippen LogP contribution in [0.25, 0.3) is 0 Å². The van der Waals surface area contributed by atoms with Crippen molar-refractivity contribution in [3.63, 3.8) is 0 Å². The number of hydrogen-bond acceptors (Lipinski definition) is 2. The molecule has 0 aromatic heterocycles. The van der Waals surface area contributed by atoms with E-state index in [9.17, 15) is 8.42 Å². The molecule has 3 nitrogen and oxygen atoms in total. The maximum Gasteiger partial charge on any atom is 0.208 e. The second-order valence-electron chi connectivity index (χ2n) is 4.12. The predicted octanol–water partition coefficient (Wildman–Crippen LogP) is 1.75. The Hall–Kier alpha value is -0.0900. The van der Waals surface area contributed by atoms with E-state index < -0.39 is 10.0 Å². The zero-order valence-electron chi connectivity index (χ0n) is 9.00. The van der Waals surface area contributed by atoms with Crippen molar-refractivity contribution in [2.24, 2.45) is 5.92 Å². The molecule has 0 aliphatic heterocycles. The van der Waals surface area contributed by atoms with Crippen LogP contribution in [-0.4, -0.2) is 20.7 Å². The Morgan fingerprint density at radius 3 is 2.08 bits per heavy atom. The first kappa shape index (κ1) is 12.9. The Morgan fingerprint density at radius 2 is 1.69 bits per heavy atom. The van der Waals surface area contributed by atoms with Gasteiger partial charge in [-0.25, -0.2) is 13.1 Å². The highest BCUT2D eigenvalue weighted by molar-refractivity contribution is 7.88. The van der Waals surface area contributed by atoms with E-state index in [1.165, 1.54) is 6.26 Å². The minimum Gasteiger partial charge on any atom is -0.213 e. The van der Waals surface area contributed by atoms with Crippen molar-refractivity contribution in [3.05, 3.63) is 0 Å². The van der Waals surface area contributed by atoms with E-state index in [-0.39, 0.29) is 6.04 Å². The van der Waals surface area contributed by atoms with Crippen molar-refractivity contribution in [1.29, 1.82) is 0 Å². The van der Waals surface area contributed by atoms with Crippen LogP contribution in [0.3, 0.4) is 0 Å². The van der Waals surface area contributed by atoms with Gasteiger partial charge in [-0.15, -0.1) is 0 Å². The molecule has 0 bridgehead atoms. The van der Waals surface area contributed by atoms with Crippen LogP contribution >= 0.6 is 0 Å². The largest absolute Gasteiger partial charge is 0.213 e. The summed E-state index contributed by atoms with van der Waals surface area (Å²) in [6.07, 6.45) is 4.37. The van der Waals surface area contributed by atoms with Crippen LogP contribution in [0.2, 0.25) is 0 Å². The average Bonchev–Trinajstić information content (AvgIpc) is 1.81. The van der Waals surface area contributed by atoms with Gasteiger partial charge < -0.3 is 0 Å². The first-order valence-electron chi connectivity index (χ1n) is 4.78. The molecular formula is C9H21NO2S. The lowest BCUT2D eigenvalue weighted by atomic mass is 10.0. The molecule has 13 heavy (non-hydrogen) atoms. The van der Waals surface area contributed by atoms with Crippen molar-refractivity contribution in [2.45, 2.75) is 46.1 Å². The third-order valence-electron chi connectivity index (χ3n) is 1.83. The molecule has 0 saturated heterocycles. The summed E-state index contributed by atoms with van der Waals surface area (Å²) in [6, 6.07) is 0.0637. The molecule has 0 spiro atoms. The Kier molecular flexibility index (Phi) is 5.56. The maximum absolute atomic E-state index is 10.8. The topological polar surface area (TPSA) is 46.2 Å². The van der Waals surface area contributed by atoms with E-state index >= 15 is 0 Å². The molecule has 0 aliphatic carbocycles. The fourth-order valence-electron chi connectivity index (χ4n) is 1.26. The first-order valence-corrected chi connectivity index (χ1v) is 6.67. The summed E-state index contributed by atoms with van der Waals surface area (Å²) in [5, 5.41) is 0. The lowest BCUT2D eigenvalue weighted by molar-refractivity contribution is 0.489. The van der Waals surface area contributed by atoms with Gasteiger partial charge in [0.05, 0.1) is 6.26 Å². The second-order valence-corrected chi connectivity index (χ2v) is 5.90. The van der Waals surface area contributed by atoms with Gasteiger partial charge in [-0.3, -0.25) is 0 Å². The normalized spacial score (nSPS) is 14.8. The fraction of sp³-hybridized carbons (Fsp3) is 1.00. The maximum atomic E-state index is 10.8. The molecule has 0 heterocycles. The Morgan fingerprint density at radius 1 is 1.15 bits per heavy atom. The van der Waals surface area contributed by atoms with Gasteiger partial charge in [-0.2, -0.15) is 0 Å². The van der Waals surface area contributed by atoms with E-state index in [0.717, 1.165) is 19.3 Å². The van der Waals surface area contributed by atoms with Gasteiger partial charge in [0, 0.05) is 6.04 Å². The lowest BCUT2D eigenvalue weighted by Crippen LogP contribution is -2.31. The van der Waals surface area contributed by atoms with Gasteiger partial charge in [-0.05, 0) is 19.3 Å². The van der Waals surface area contributed by atoms with Crippen LogP contribution in [0, 0.1) is 5.92 Å². The van der Waals surface area contributed by atoms with E-state index in [1.807, 2.05) is 6.92 Å². The summed E-state index contributed by atoms with van der Waals surface area (Å²) in [5.74, 6) is 0.699. The Balaban J connectivity index is 3.58. The summed E-state index contributed by atoms with van der Waals surface area (Å²) in [4.78, 5) is 0. The molecule has 1 N–H and O–H groups in total.